The zero-order valence-corrected chi connectivity index (χ0v) is 15.7. The standard InChI is InChI=1S/C19H25N5O4/c1-23-5-7-24(8-6-23)16-17(25)15(14-11-27-18(16)28-14)22-19(26)21-13-4-2-3-12(9-13)10-20/h2-4,9,14-18,25H,5-8,11H2,1H3,(H2,21,22,26). The van der Waals surface area contributed by atoms with Gasteiger partial charge in [0.2, 0.25) is 0 Å². The number of carbonyl (C=O) groups is 1. The molecule has 0 aliphatic carbocycles. The lowest BCUT2D eigenvalue weighted by molar-refractivity contribution is -0.184. The molecule has 3 saturated heterocycles. The summed E-state index contributed by atoms with van der Waals surface area (Å²) < 4.78 is 11.7. The molecule has 4 rings (SSSR count). The monoisotopic (exact) mass is 387 g/mol. The molecule has 5 atom stereocenters. The predicted molar refractivity (Wildman–Crippen MR) is 101 cm³/mol. The Morgan fingerprint density at radius 3 is 2.86 bits per heavy atom. The first-order chi connectivity index (χ1) is 13.5. The summed E-state index contributed by atoms with van der Waals surface area (Å²) in [5, 5.41) is 25.6. The Kier molecular flexibility index (Phi) is 5.48. The molecule has 3 N–H and O–H groups in total. The van der Waals surface area contributed by atoms with Crippen molar-refractivity contribution < 1.29 is 19.4 Å². The number of nitrogens with one attached hydrogen (secondary N) is 2. The van der Waals surface area contributed by atoms with Crippen LogP contribution in [0.2, 0.25) is 0 Å². The van der Waals surface area contributed by atoms with Crippen LogP contribution in [-0.4, -0.2) is 91.4 Å². The molecule has 5 unspecified atom stereocenters. The van der Waals surface area contributed by atoms with Crippen LogP contribution in [0.3, 0.4) is 0 Å². The number of nitrogens with zero attached hydrogens (tertiary/aromatic N) is 3. The van der Waals surface area contributed by atoms with Crippen LogP contribution < -0.4 is 10.6 Å². The van der Waals surface area contributed by atoms with Gasteiger partial charge in [0.25, 0.3) is 0 Å². The first-order valence-electron chi connectivity index (χ1n) is 9.50. The third kappa shape index (κ3) is 3.83. The number of ether oxygens (including phenoxy) is 2. The molecule has 0 spiro atoms. The van der Waals surface area contributed by atoms with Crippen LogP contribution in [0, 0.1) is 11.3 Å². The van der Waals surface area contributed by atoms with E-state index in [2.05, 4.69) is 27.5 Å². The number of fused-ring (bicyclic) bond motifs is 2. The summed E-state index contributed by atoms with van der Waals surface area (Å²) in [5.41, 5.74) is 0.972. The quantitative estimate of drug-likeness (QED) is 0.658. The first-order valence-corrected chi connectivity index (χ1v) is 9.50. The van der Waals surface area contributed by atoms with E-state index in [0.29, 0.717) is 17.9 Å². The molecular weight excluding hydrogens is 362 g/mol. The molecule has 1 aromatic rings. The van der Waals surface area contributed by atoms with E-state index >= 15 is 0 Å². The van der Waals surface area contributed by atoms with E-state index in [-0.39, 0.29) is 12.1 Å². The number of carbonyl (C=O) groups excluding carboxylic acids is 1. The summed E-state index contributed by atoms with van der Waals surface area (Å²) in [6.45, 7) is 3.78. The Bertz CT molecular complexity index is 761. The van der Waals surface area contributed by atoms with Gasteiger partial charge in [-0.2, -0.15) is 5.26 Å². The molecule has 3 aliphatic rings. The molecule has 28 heavy (non-hydrogen) atoms. The van der Waals surface area contributed by atoms with Crippen LogP contribution in [-0.2, 0) is 9.47 Å². The maximum Gasteiger partial charge on any atom is 0.319 e. The average Bonchev–Trinajstić information content (AvgIpc) is 3.12. The summed E-state index contributed by atoms with van der Waals surface area (Å²) in [4.78, 5) is 16.9. The summed E-state index contributed by atoms with van der Waals surface area (Å²) in [6.07, 6.45) is -1.66. The average molecular weight is 387 g/mol. The van der Waals surface area contributed by atoms with Crippen LogP contribution in [0.25, 0.3) is 0 Å². The minimum absolute atomic E-state index is 0.320. The highest BCUT2D eigenvalue weighted by Gasteiger charge is 2.52. The zero-order valence-electron chi connectivity index (χ0n) is 15.7. The van der Waals surface area contributed by atoms with Crippen LogP contribution in [0.1, 0.15) is 5.56 Å². The third-order valence-electron chi connectivity index (χ3n) is 5.64. The number of likely N-dealkylation sites (N-methyl/N-ethyl adjacent to an activating group) is 1. The summed E-state index contributed by atoms with van der Waals surface area (Å²) >= 11 is 0. The van der Waals surface area contributed by atoms with Gasteiger partial charge in [-0.1, -0.05) is 6.07 Å². The van der Waals surface area contributed by atoms with E-state index in [1.54, 1.807) is 24.3 Å². The van der Waals surface area contributed by atoms with Crippen LogP contribution >= 0.6 is 0 Å². The second-order valence-electron chi connectivity index (χ2n) is 7.51. The van der Waals surface area contributed by atoms with Gasteiger partial charge in [-0.3, -0.25) is 4.90 Å². The maximum atomic E-state index is 12.5. The lowest BCUT2D eigenvalue weighted by Crippen LogP contribution is -2.67. The van der Waals surface area contributed by atoms with E-state index in [4.69, 9.17) is 14.7 Å². The molecule has 3 fully saturated rings. The van der Waals surface area contributed by atoms with Crippen molar-refractivity contribution in [2.24, 2.45) is 0 Å². The van der Waals surface area contributed by atoms with E-state index < -0.39 is 24.5 Å². The van der Waals surface area contributed by atoms with Crippen LogP contribution in [0.4, 0.5) is 10.5 Å². The third-order valence-corrected chi connectivity index (χ3v) is 5.64. The Balaban J connectivity index is 1.43. The van der Waals surface area contributed by atoms with Crippen LogP contribution in [0.5, 0.6) is 0 Å². The summed E-state index contributed by atoms with van der Waals surface area (Å²) in [6, 6.07) is 7.35. The van der Waals surface area contributed by atoms with Crippen molar-refractivity contribution in [3.8, 4) is 6.07 Å². The zero-order chi connectivity index (χ0) is 19.7. The SMILES string of the molecule is CN1CCN(C2C3OCC(O3)C(NC(=O)Nc3cccc(C#N)c3)C2O)CC1. The highest BCUT2D eigenvalue weighted by molar-refractivity contribution is 5.89. The van der Waals surface area contributed by atoms with Crippen molar-refractivity contribution in [3.05, 3.63) is 29.8 Å². The molecule has 2 amide bonds. The lowest BCUT2D eigenvalue weighted by Gasteiger charge is -2.46. The number of nitriles is 1. The highest BCUT2D eigenvalue weighted by atomic mass is 16.7. The number of piperazine rings is 1. The number of hydrogen-bond donors (Lipinski definition) is 3. The molecule has 3 aliphatic heterocycles. The molecular formula is C19H25N5O4. The second-order valence-corrected chi connectivity index (χ2v) is 7.51. The molecule has 0 radical (unpaired) electrons. The number of aliphatic hydroxyl groups excluding tert-OH is 1. The molecule has 9 nitrogen and oxygen atoms in total. The minimum atomic E-state index is -0.800. The number of aliphatic hydroxyl groups is 1. The van der Waals surface area contributed by atoms with E-state index in [1.165, 1.54) is 0 Å². The van der Waals surface area contributed by atoms with Crippen molar-refractivity contribution in [2.45, 2.75) is 30.6 Å². The van der Waals surface area contributed by atoms with Crippen molar-refractivity contribution in [2.75, 3.05) is 45.2 Å². The fourth-order valence-electron chi connectivity index (χ4n) is 4.07. The smallest absolute Gasteiger partial charge is 0.319 e. The molecule has 0 aromatic heterocycles. The van der Waals surface area contributed by atoms with Crippen molar-refractivity contribution in [1.29, 1.82) is 5.26 Å². The van der Waals surface area contributed by atoms with E-state index in [1.807, 2.05) is 6.07 Å². The fraction of sp³-hybridized carbons (Fsp3) is 0.579. The normalized spacial score (nSPS) is 33.2. The Hall–Kier alpha value is -2.22. The Morgan fingerprint density at radius 1 is 1.32 bits per heavy atom. The number of amides is 2. The predicted octanol–water partition coefficient (Wildman–Crippen LogP) is -0.220. The summed E-state index contributed by atoms with van der Waals surface area (Å²) in [5.74, 6) is 0. The van der Waals surface area contributed by atoms with Gasteiger partial charge in [-0.05, 0) is 25.2 Å². The number of hydrogen-bond acceptors (Lipinski definition) is 7. The topological polar surface area (TPSA) is 110 Å². The van der Waals surface area contributed by atoms with Gasteiger partial charge in [-0.25, -0.2) is 4.79 Å². The van der Waals surface area contributed by atoms with Gasteiger partial charge in [0.15, 0.2) is 6.29 Å². The second kappa shape index (κ2) is 8.03. The Morgan fingerprint density at radius 2 is 2.11 bits per heavy atom. The molecule has 9 heteroatoms. The van der Waals surface area contributed by atoms with Crippen molar-refractivity contribution in [3.63, 3.8) is 0 Å². The van der Waals surface area contributed by atoms with Crippen molar-refractivity contribution in [1.82, 2.24) is 15.1 Å². The molecule has 150 valence electrons. The van der Waals surface area contributed by atoms with Gasteiger partial charge in [0.05, 0.1) is 36.4 Å². The lowest BCUT2D eigenvalue weighted by atomic mass is 9.94. The van der Waals surface area contributed by atoms with Gasteiger partial charge in [-0.15, -0.1) is 0 Å². The number of anilines is 1. The molecule has 3 heterocycles. The van der Waals surface area contributed by atoms with Crippen LogP contribution in [0.15, 0.2) is 24.3 Å². The number of urea groups is 1. The maximum absolute atomic E-state index is 12.5. The highest BCUT2D eigenvalue weighted by Crippen LogP contribution is 2.32. The molecule has 1 aromatic carbocycles. The number of benzene rings is 1. The number of rotatable bonds is 3. The minimum Gasteiger partial charge on any atom is -0.389 e. The van der Waals surface area contributed by atoms with Crippen molar-refractivity contribution >= 4 is 11.7 Å². The van der Waals surface area contributed by atoms with E-state index in [0.717, 1.165) is 26.2 Å². The summed E-state index contributed by atoms with van der Waals surface area (Å²) in [7, 11) is 2.07. The van der Waals surface area contributed by atoms with E-state index in [9.17, 15) is 9.90 Å². The van der Waals surface area contributed by atoms with Gasteiger partial charge < -0.3 is 30.1 Å². The van der Waals surface area contributed by atoms with Gasteiger partial charge in [0, 0.05) is 31.9 Å². The van der Waals surface area contributed by atoms with Gasteiger partial charge in [0.1, 0.15) is 6.10 Å². The fourth-order valence-corrected chi connectivity index (χ4v) is 4.07. The first kappa shape index (κ1) is 19.1. The molecule has 2 bridgehead atoms. The molecule has 0 saturated carbocycles. The Labute approximate surface area is 163 Å². The largest absolute Gasteiger partial charge is 0.389 e. The van der Waals surface area contributed by atoms with Gasteiger partial charge >= 0.3 is 6.03 Å².